The van der Waals surface area contributed by atoms with Gasteiger partial charge in [0.15, 0.2) is 0 Å². The van der Waals surface area contributed by atoms with Crippen LogP contribution in [0.1, 0.15) is 24.2 Å². The Bertz CT molecular complexity index is 1210. The molecular formula is C20H28N6O5S2. The number of hydrogen-bond donors (Lipinski definition) is 2. The van der Waals surface area contributed by atoms with Crippen LogP contribution in [0.25, 0.3) is 0 Å². The maximum absolute atomic E-state index is 12.7. The Morgan fingerprint density at radius 2 is 1.67 bits per heavy atom. The van der Waals surface area contributed by atoms with Gasteiger partial charge in [-0.25, -0.2) is 23.1 Å². The molecule has 1 aliphatic heterocycles. The topological polar surface area (TPSA) is 142 Å². The summed E-state index contributed by atoms with van der Waals surface area (Å²) < 4.78 is 54.8. The van der Waals surface area contributed by atoms with Gasteiger partial charge in [0, 0.05) is 44.3 Å². The first-order valence-corrected chi connectivity index (χ1v) is 13.2. The fourth-order valence-electron chi connectivity index (χ4n) is 3.51. The van der Waals surface area contributed by atoms with Gasteiger partial charge in [0.1, 0.15) is 0 Å². The Balaban J connectivity index is 1.67. The number of nitrogens with one attached hydrogen (secondary N) is 2. The van der Waals surface area contributed by atoms with Crippen LogP contribution in [0.3, 0.4) is 0 Å². The van der Waals surface area contributed by atoms with Crippen molar-refractivity contribution in [3.8, 4) is 0 Å². The van der Waals surface area contributed by atoms with Crippen LogP contribution in [0.4, 0.5) is 11.6 Å². The van der Waals surface area contributed by atoms with Crippen LogP contribution >= 0.6 is 0 Å². The van der Waals surface area contributed by atoms with Crippen molar-refractivity contribution < 1.29 is 21.6 Å². The lowest BCUT2D eigenvalue weighted by atomic mass is 9.99. The van der Waals surface area contributed by atoms with Crippen molar-refractivity contribution in [2.75, 3.05) is 37.2 Å². The third-order valence-electron chi connectivity index (χ3n) is 5.18. The van der Waals surface area contributed by atoms with E-state index in [-0.39, 0.29) is 23.3 Å². The zero-order valence-electron chi connectivity index (χ0n) is 18.9. The molecule has 0 spiro atoms. The number of nitrogens with zero attached hydrogens (tertiary/aromatic N) is 4. The molecule has 13 heteroatoms. The first kappa shape index (κ1) is 25.0. The van der Waals surface area contributed by atoms with Gasteiger partial charge in [-0.1, -0.05) is 0 Å². The summed E-state index contributed by atoms with van der Waals surface area (Å²) in [5.74, 6) is -0.828. The Labute approximate surface area is 194 Å². The molecule has 0 radical (unpaired) electrons. The highest BCUT2D eigenvalue weighted by Crippen LogP contribution is 2.23. The SMILES string of the molecule is Cc1cc(C)nc(NS(=O)(=O)c2ccc(NC(=O)C3CCCN(S(=O)(=O)N(C)C)C3)cc2)n1. The molecule has 3 rings (SSSR count). The van der Waals surface area contributed by atoms with Crippen molar-refractivity contribution in [2.45, 2.75) is 31.6 Å². The van der Waals surface area contributed by atoms with Crippen LogP contribution in [0, 0.1) is 19.8 Å². The average molecular weight is 497 g/mol. The highest BCUT2D eigenvalue weighted by molar-refractivity contribution is 7.92. The Hall–Kier alpha value is -2.61. The molecule has 2 heterocycles. The highest BCUT2D eigenvalue weighted by atomic mass is 32.2. The molecular weight excluding hydrogens is 468 g/mol. The second-order valence-electron chi connectivity index (χ2n) is 8.08. The van der Waals surface area contributed by atoms with Gasteiger partial charge < -0.3 is 5.32 Å². The van der Waals surface area contributed by atoms with Crippen molar-refractivity contribution in [2.24, 2.45) is 5.92 Å². The number of rotatable bonds is 7. The van der Waals surface area contributed by atoms with Gasteiger partial charge in [-0.3, -0.25) is 4.79 Å². The Morgan fingerprint density at radius 1 is 1.06 bits per heavy atom. The average Bonchev–Trinajstić information content (AvgIpc) is 2.73. The first-order chi connectivity index (χ1) is 15.4. The van der Waals surface area contributed by atoms with Gasteiger partial charge in [-0.15, -0.1) is 0 Å². The monoisotopic (exact) mass is 496 g/mol. The predicted molar refractivity (Wildman–Crippen MR) is 124 cm³/mol. The molecule has 1 aromatic heterocycles. The third-order valence-corrected chi connectivity index (χ3v) is 8.43. The van der Waals surface area contributed by atoms with E-state index in [4.69, 9.17) is 0 Å². The molecule has 1 aliphatic rings. The molecule has 11 nitrogen and oxygen atoms in total. The van der Waals surface area contributed by atoms with Gasteiger partial charge in [-0.05, 0) is 57.0 Å². The predicted octanol–water partition coefficient (Wildman–Crippen LogP) is 1.35. The Kier molecular flexibility index (Phi) is 7.36. The number of carbonyl (C=O) groups excluding carboxylic acids is 1. The van der Waals surface area contributed by atoms with E-state index in [1.54, 1.807) is 19.9 Å². The molecule has 1 atom stereocenters. The van der Waals surface area contributed by atoms with Crippen molar-refractivity contribution in [3.63, 3.8) is 0 Å². The second kappa shape index (κ2) is 9.71. The molecule has 2 N–H and O–H groups in total. The van der Waals surface area contributed by atoms with E-state index in [2.05, 4.69) is 20.0 Å². The van der Waals surface area contributed by atoms with Crippen molar-refractivity contribution in [1.29, 1.82) is 0 Å². The fourth-order valence-corrected chi connectivity index (χ4v) is 5.64. The standard InChI is InChI=1S/C20H28N6O5S2/c1-14-12-15(2)22-20(21-14)24-32(28,29)18-9-7-17(8-10-18)23-19(27)16-6-5-11-26(13-16)33(30,31)25(3)4/h7-10,12,16H,5-6,11,13H2,1-4H3,(H,23,27)(H,21,22,24). The second-order valence-corrected chi connectivity index (χ2v) is 11.9. The zero-order chi connectivity index (χ0) is 24.4. The minimum Gasteiger partial charge on any atom is -0.326 e. The lowest BCUT2D eigenvalue weighted by Crippen LogP contribution is -2.47. The molecule has 2 aromatic rings. The van der Waals surface area contributed by atoms with Crippen LogP contribution in [-0.2, 0) is 25.0 Å². The van der Waals surface area contributed by atoms with Gasteiger partial charge in [-0.2, -0.15) is 17.0 Å². The molecule has 0 saturated carbocycles. The van der Waals surface area contributed by atoms with Crippen LogP contribution in [-0.4, -0.2) is 68.5 Å². The van der Waals surface area contributed by atoms with E-state index in [1.165, 1.54) is 42.7 Å². The van der Waals surface area contributed by atoms with Gasteiger partial charge in [0.25, 0.3) is 20.2 Å². The van der Waals surface area contributed by atoms with Crippen molar-refractivity contribution in [3.05, 3.63) is 41.7 Å². The number of hydrogen-bond acceptors (Lipinski definition) is 7. The summed E-state index contributed by atoms with van der Waals surface area (Å²) >= 11 is 0. The normalized spacial score (nSPS) is 17.7. The molecule has 180 valence electrons. The number of anilines is 2. The Morgan fingerprint density at radius 3 is 2.24 bits per heavy atom. The number of amides is 1. The van der Waals surface area contributed by atoms with Crippen LogP contribution < -0.4 is 10.0 Å². The first-order valence-electron chi connectivity index (χ1n) is 10.3. The fraction of sp³-hybridized carbons (Fsp3) is 0.450. The number of sulfonamides is 1. The van der Waals surface area contributed by atoms with E-state index >= 15 is 0 Å². The van der Waals surface area contributed by atoms with E-state index in [9.17, 15) is 21.6 Å². The third kappa shape index (κ3) is 6.05. The maximum atomic E-state index is 12.7. The summed E-state index contributed by atoms with van der Waals surface area (Å²) in [6.45, 7) is 3.95. The maximum Gasteiger partial charge on any atom is 0.281 e. The summed E-state index contributed by atoms with van der Waals surface area (Å²) in [7, 11) is -4.59. The zero-order valence-corrected chi connectivity index (χ0v) is 20.6. The lowest BCUT2D eigenvalue weighted by molar-refractivity contribution is -0.120. The lowest BCUT2D eigenvalue weighted by Gasteiger charge is -2.32. The molecule has 1 saturated heterocycles. The molecule has 0 bridgehead atoms. The largest absolute Gasteiger partial charge is 0.326 e. The molecule has 1 fully saturated rings. The minimum absolute atomic E-state index is 0.0100. The molecule has 1 amide bonds. The van der Waals surface area contributed by atoms with Crippen molar-refractivity contribution in [1.82, 2.24) is 18.6 Å². The quantitative estimate of drug-likeness (QED) is 0.589. The van der Waals surface area contributed by atoms with Gasteiger partial charge in [0.05, 0.1) is 10.8 Å². The minimum atomic E-state index is -3.91. The van der Waals surface area contributed by atoms with E-state index in [1.807, 2.05) is 0 Å². The summed E-state index contributed by atoms with van der Waals surface area (Å²) in [4.78, 5) is 20.9. The summed E-state index contributed by atoms with van der Waals surface area (Å²) in [5, 5.41) is 2.74. The number of aryl methyl sites for hydroxylation is 2. The number of carbonyl (C=O) groups is 1. The number of benzene rings is 1. The van der Waals surface area contributed by atoms with Crippen LogP contribution in [0.15, 0.2) is 35.2 Å². The number of aromatic nitrogens is 2. The molecule has 1 unspecified atom stereocenters. The molecule has 0 aliphatic carbocycles. The van der Waals surface area contributed by atoms with E-state index in [0.717, 1.165) is 4.31 Å². The van der Waals surface area contributed by atoms with Crippen LogP contribution in [0.2, 0.25) is 0 Å². The van der Waals surface area contributed by atoms with Crippen molar-refractivity contribution >= 4 is 37.8 Å². The molecule has 33 heavy (non-hydrogen) atoms. The van der Waals surface area contributed by atoms with Gasteiger partial charge in [0.2, 0.25) is 11.9 Å². The summed E-state index contributed by atoms with van der Waals surface area (Å²) in [6.07, 6.45) is 1.14. The smallest absolute Gasteiger partial charge is 0.281 e. The summed E-state index contributed by atoms with van der Waals surface area (Å²) in [5.41, 5.74) is 1.69. The van der Waals surface area contributed by atoms with E-state index < -0.39 is 26.2 Å². The van der Waals surface area contributed by atoms with Gasteiger partial charge >= 0.3 is 0 Å². The van der Waals surface area contributed by atoms with Crippen LogP contribution in [0.5, 0.6) is 0 Å². The van der Waals surface area contributed by atoms with E-state index in [0.29, 0.717) is 36.5 Å². The highest BCUT2D eigenvalue weighted by Gasteiger charge is 2.33. The molecule has 1 aromatic carbocycles. The summed E-state index contributed by atoms with van der Waals surface area (Å²) in [6, 6.07) is 7.42. The number of piperidine rings is 1.